The summed E-state index contributed by atoms with van der Waals surface area (Å²) in [4.78, 5) is 49.1. The van der Waals surface area contributed by atoms with Crippen LogP contribution in [0.4, 0.5) is 9.18 Å². The third kappa shape index (κ3) is 11.0. The minimum atomic E-state index is -1.30. The molecular formula is C15H17FN2O7. The van der Waals surface area contributed by atoms with Gasteiger partial charge in [-0.15, -0.1) is 0 Å². The number of hydrogen-bond acceptors (Lipinski definition) is 5. The molecule has 0 spiro atoms. The van der Waals surface area contributed by atoms with E-state index in [4.69, 9.17) is 19.8 Å². The number of amides is 2. The first kappa shape index (κ1) is 21.7. The van der Waals surface area contributed by atoms with Crippen LogP contribution in [0.2, 0.25) is 0 Å². The maximum absolute atomic E-state index is 12.7. The van der Waals surface area contributed by atoms with Crippen molar-refractivity contribution in [1.82, 2.24) is 10.6 Å². The molecule has 1 rings (SSSR count). The second-order valence-corrected chi connectivity index (χ2v) is 4.68. The van der Waals surface area contributed by atoms with Gasteiger partial charge in [-0.25, -0.2) is 14.0 Å². The Bertz CT molecular complexity index is 613. The highest BCUT2D eigenvalue weighted by atomic mass is 19.1. The van der Waals surface area contributed by atoms with Gasteiger partial charge in [0.1, 0.15) is 11.9 Å². The number of benzene rings is 1. The lowest BCUT2D eigenvalue weighted by Gasteiger charge is -2.14. The van der Waals surface area contributed by atoms with Crippen molar-refractivity contribution in [2.45, 2.75) is 25.3 Å². The predicted octanol–water partition coefficient (Wildman–Crippen LogP) is 0.402. The minimum Gasteiger partial charge on any atom is -0.481 e. The first-order valence-corrected chi connectivity index (χ1v) is 7.02. The number of aliphatic carboxylic acids is 2. The topological polar surface area (TPSA) is 150 Å². The number of urea groups is 1. The van der Waals surface area contributed by atoms with Gasteiger partial charge >= 0.3 is 24.1 Å². The summed E-state index contributed by atoms with van der Waals surface area (Å²) in [5, 5.41) is 22.1. The van der Waals surface area contributed by atoms with Crippen molar-refractivity contribution in [3.8, 4) is 0 Å². The van der Waals surface area contributed by atoms with Gasteiger partial charge in [0.25, 0.3) is 0 Å². The molecule has 0 bridgehead atoms. The van der Waals surface area contributed by atoms with Crippen molar-refractivity contribution in [3.05, 3.63) is 35.6 Å². The molecule has 1 aromatic carbocycles. The molecule has 0 unspecified atom stereocenters. The molecule has 0 radical (unpaired) electrons. The van der Waals surface area contributed by atoms with E-state index >= 15 is 0 Å². The molecule has 0 heterocycles. The number of hydrogen-bond donors (Lipinski definition) is 4. The maximum atomic E-state index is 12.7. The first-order chi connectivity index (χ1) is 11.8. The van der Waals surface area contributed by atoms with Crippen molar-refractivity contribution in [3.63, 3.8) is 0 Å². The Morgan fingerprint density at radius 3 is 2.16 bits per heavy atom. The van der Waals surface area contributed by atoms with Crippen molar-refractivity contribution in [2.75, 3.05) is 6.54 Å². The Kier molecular flexibility index (Phi) is 10.6. The highest BCUT2D eigenvalue weighted by molar-refractivity contribution is 5.82. The van der Waals surface area contributed by atoms with Crippen molar-refractivity contribution < 1.29 is 38.6 Å². The van der Waals surface area contributed by atoms with Crippen LogP contribution in [0.25, 0.3) is 0 Å². The lowest BCUT2D eigenvalue weighted by Crippen LogP contribution is -2.46. The van der Waals surface area contributed by atoms with E-state index < -0.39 is 24.0 Å². The van der Waals surface area contributed by atoms with Crippen LogP contribution < -0.4 is 10.6 Å². The molecule has 25 heavy (non-hydrogen) atoms. The molecule has 1 aromatic rings. The van der Waals surface area contributed by atoms with Crippen molar-refractivity contribution in [2.24, 2.45) is 0 Å². The number of halogens is 1. The number of rotatable bonds is 8. The van der Waals surface area contributed by atoms with Crippen LogP contribution in [0.5, 0.6) is 0 Å². The van der Waals surface area contributed by atoms with E-state index in [1.165, 1.54) is 12.1 Å². The summed E-state index contributed by atoms with van der Waals surface area (Å²) in [5.41, 5.74) is 0.822. The summed E-state index contributed by atoms with van der Waals surface area (Å²) in [6.07, 6.45) is 0.156. The van der Waals surface area contributed by atoms with Gasteiger partial charge in [-0.2, -0.15) is 9.59 Å². The molecular weight excluding hydrogens is 339 g/mol. The standard InChI is InChI=1S/C14H17FN2O5.CO2/c15-10-3-1-9(2-4-10)7-8-16-14(22)17-11(13(20)21)5-6-12(18)19;2-1-3/h1-4,11H,5-8H2,(H,18,19)(H,20,21)(H2,16,17,22);/t11-;/m0./s1. The van der Waals surface area contributed by atoms with Crippen LogP contribution in [0.3, 0.4) is 0 Å². The average molecular weight is 356 g/mol. The van der Waals surface area contributed by atoms with Crippen LogP contribution in [-0.2, 0) is 25.6 Å². The second-order valence-electron chi connectivity index (χ2n) is 4.68. The molecule has 0 fully saturated rings. The van der Waals surface area contributed by atoms with E-state index in [1.807, 2.05) is 0 Å². The fourth-order valence-electron chi connectivity index (χ4n) is 1.71. The average Bonchev–Trinajstić information content (AvgIpc) is 2.53. The molecule has 0 saturated heterocycles. The van der Waals surface area contributed by atoms with E-state index in [2.05, 4.69) is 10.6 Å². The summed E-state index contributed by atoms with van der Waals surface area (Å²) < 4.78 is 12.7. The van der Waals surface area contributed by atoms with E-state index in [0.717, 1.165) is 5.56 Å². The Labute approximate surface area is 141 Å². The van der Waals surface area contributed by atoms with Crippen LogP contribution in [0, 0.1) is 5.82 Å². The van der Waals surface area contributed by atoms with Crippen molar-refractivity contribution in [1.29, 1.82) is 0 Å². The molecule has 9 nitrogen and oxygen atoms in total. The summed E-state index contributed by atoms with van der Waals surface area (Å²) >= 11 is 0. The molecule has 10 heteroatoms. The molecule has 0 aromatic heterocycles. The smallest absolute Gasteiger partial charge is 0.373 e. The van der Waals surface area contributed by atoms with Gasteiger partial charge in [0.15, 0.2) is 0 Å². The summed E-state index contributed by atoms with van der Waals surface area (Å²) in [6.45, 7) is 0.239. The van der Waals surface area contributed by atoms with Crippen LogP contribution in [0.15, 0.2) is 24.3 Å². The summed E-state index contributed by atoms with van der Waals surface area (Å²) in [6, 6.07) is 3.83. The van der Waals surface area contributed by atoms with Gasteiger partial charge in [0.2, 0.25) is 0 Å². The third-order valence-corrected chi connectivity index (χ3v) is 2.86. The highest BCUT2D eigenvalue weighted by Gasteiger charge is 2.20. The number of nitrogens with one attached hydrogen (secondary N) is 2. The Morgan fingerprint density at radius 1 is 1.12 bits per heavy atom. The fourth-order valence-corrected chi connectivity index (χ4v) is 1.71. The van der Waals surface area contributed by atoms with E-state index in [9.17, 15) is 18.8 Å². The molecule has 136 valence electrons. The zero-order valence-corrected chi connectivity index (χ0v) is 13.0. The summed E-state index contributed by atoms with van der Waals surface area (Å²) in [7, 11) is 0. The SMILES string of the molecule is O=C(O)CC[C@H](NC(=O)NCCc1ccc(F)cc1)C(=O)O.O=C=O. The van der Waals surface area contributed by atoms with E-state index in [1.54, 1.807) is 12.1 Å². The van der Waals surface area contributed by atoms with Crippen LogP contribution in [0.1, 0.15) is 18.4 Å². The monoisotopic (exact) mass is 356 g/mol. The van der Waals surface area contributed by atoms with Crippen molar-refractivity contribution >= 4 is 24.1 Å². The number of carbonyl (C=O) groups excluding carboxylic acids is 3. The predicted molar refractivity (Wildman–Crippen MR) is 79.9 cm³/mol. The lowest BCUT2D eigenvalue weighted by atomic mass is 10.1. The zero-order chi connectivity index (χ0) is 19.2. The molecule has 0 saturated carbocycles. The maximum Gasteiger partial charge on any atom is 0.373 e. The quantitative estimate of drug-likeness (QED) is 0.526. The van der Waals surface area contributed by atoms with E-state index in [-0.39, 0.29) is 31.4 Å². The second kappa shape index (κ2) is 12.2. The Morgan fingerprint density at radius 2 is 1.68 bits per heavy atom. The molecule has 2 amide bonds. The third-order valence-electron chi connectivity index (χ3n) is 2.86. The van der Waals surface area contributed by atoms with Gasteiger partial charge in [0.05, 0.1) is 0 Å². The van der Waals surface area contributed by atoms with Gasteiger partial charge in [0, 0.05) is 13.0 Å². The van der Waals surface area contributed by atoms with Crippen LogP contribution in [-0.4, -0.2) is 46.9 Å². The zero-order valence-electron chi connectivity index (χ0n) is 13.0. The van der Waals surface area contributed by atoms with Gasteiger partial charge in [-0.1, -0.05) is 12.1 Å². The minimum absolute atomic E-state index is 0.198. The molecule has 0 aliphatic carbocycles. The van der Waals surface area contributed by atoms with Gasteiger partial charge < -0.3 is 20.8 Å². The molecule has 0 aliphatic heterocycles. The fraction of sp³-hybridized carbons (Fsp3) is 0.333. The molecule has 1 atom stereocenters. The van der Waals surface area contributed by atoms with Crippen LogP contribution >= 0.6 is 0 Å². The molecule has 0 aliphatic rings. The largest absolute Gasteiger partial charge is 0.481 e. The first-order valence-electron chi connectivity index (χ1n) is 7.02. The summed E-state index contributed by atoms with van der Waals surface area (Å²) in [5.74, 6) is -2.78. The van der Waals surface area contributed by atoms with Gasteiger partial charge in [-0.05, 0) is 30.5 Å². The highest BCUT2D eigenvalue weighted by Crippen LogP contribution is 2.03. The Hall–Kier alpha value is -3.26. The normalized spacial score (nSPS) is 10.4. The molecule has 4 N–H and O–H groups in total. The number of carboxylic acid groups (broad SMARTS) is 2. The lowest BCUT2D eigenvalue weighted by molar-refractivity contribution is -0.191. The number of carbonyl (C=O) groups is 3. The van der Waals surface area contributed by atoms with E-state index in [0.29, 0.717) is 6.42 Å². The van der Waals surface area contributed by atoms with Gasteiger partial charge in [-0.3, -0.25) is 4.79 Å². The Balaban J connectivity index is 0.00000178. The number of carboxylic acids is 2.